The molecule has 10 nitrogen and oxygen atoms in total. The molecule has 0 radical (unpaired) electrons. The lowest BCUT2D eigenvalue weighted by molar-refractivity contribution is 0.228. The third kappa shape index (κ3) is 6.45. The van der Waals surface area contributed by atoms with Crippen molar-refractivity contribution in [1.82, 2.24) is 0 Å². The van der Waals surface area contributed by atoms with Gasteiger partial charge in [-0.2, -0.15) is 0 Å². The van der Waals surface area contributed by atoms with Crippen molar-refractivity contribution in [1.29, 1.82) is 0 Å². The molecule has 0 saturated carbocycles. The first kappa shape index (κ1) is 27.5. The molecule has 2 aromatic carbocycles. The molecule has 0 bridgehead atoms. The van der Waals surface area contributed by atoms with Crippen molar-refractivity contribution in [3.05, 3.63) is 42.5 Å². The number of anilines is 1. The SMILES string of the molecule is CCOP(=O)(OCC)c1cc(NS(=O)(=O)c2ccccc2)c(P(=O)(OCC)OCC)cc1O. The molecule has 184 valence electrons. The third-order valence-corrected chi connectivity index (χ3v) is 9.86. The van der Waals surface area contributed by atoms with E-state index < -0.39 is 31.0 Å². The van der Waals surface area contributed by atoms with Crippen molar-refractivity contribution in [2.24, 2.45) is 0 Å². The van der Waals surface area contributed by atoms with E-state index in [1.165, 1.54) is 12.1 Å². The van der Waals surface area contributed by atoms with Gasteiger partial charge in [0.2, 0.25) is 0 Å². The standard InChI is InChI=1S/C20H29NO9P2S/c1-5-27-31(23,28-6-2)19-15-18(22)20(32(24,29-7-3)30-8-4)14-17(19)21-33(25,26)16-12-10-9-11-13-16/h9-15,21-22H,5-8H2,1-4H3. The molecule has 0 unspecified atom stereocenters. The maximum absolute atomic E-state index is 13.5. The first-order valence-corrected chi connectivity index (χ1v) is 14.9. The summed E-state index contributed by atoms with van der Waals surface area (Å²) in [6.07, 6.45) is 0. The topological polar surface area (TPSA) is 137 Å². The summed E-state index contributed by atoms with van der Waals surface area (Å²) in [5, 5.41) is 10.1. The van der Waals surface area contributed by atoms with E-state index in [9.17, 15) is 22.7 Å². The molecule has 0 aromatic heterocycles. The van der Waals surface area contributed by atoms with Gasteiger partial charge in [-0.05, 0) is 52.0 Å². The number of aromatic hydroxyl groups is 1. The van der Waals surface area contributed by atoms with Crippen molar-refractivity contribution in [2.75, 3.05) is 31.1 Å². The van der Waals surface area contributed by atoms with E-state index in [1.807, 2.05) is 0 Å². The van der Waals surface area contributed by atoms with Crippen LogP contribution in [0.15, 0.2) is 47.4 Å². The molecule has 0 saturated heterocycles. The van der Waals surface area contributed by atoms with E-state index in [0.717, 1.165) is 12.1 Å². The Bertz CT molecular complexity index is 1120. The average molecular weight is 521 g/mol. The molecular formula is C20H29NO9P2S. The minimum atomic E-state index is -4.16. The zero-order chi connectivity index (χ0) is 24.7. The molecule has 0 aliphatic carbocycles. The van der Waals surface area contributed by atoms with Crippen molar-refractivity contribution in [2.45, 2.75) is 32.6 Å². The van der Waals surface area contributed by atoms with Gasteiger partial charge in [0.25, 0.3) is 10.0 Å². The molecule has 2 aromatic rings. The van der Waals surface area contributed by atoms with Crippen LogP contribution in [0.3, 0.4) is 0 Å². The highest BCUT2D eigenvalue weighted by Gasteiger charge is 2.37. The van der Waals surface area contributed by atoms with Crippen molar-refractivity contribution >= 4 is 41.5 Å². The molecule has 0 atom stereocenters. The fourth-order valence-corrected chi connectivity index (χ4v) is 7.49. The van der Waals surface area contributed by atoms with Crippen LogP contribution in [0.5, 0.6) is 5.75 Å². The first-order chi connectivity index (χ1) is 15.6. The van der Waals surface area contributed by atoms with Gasteiger partial charge in [0, 0.05) is 0 Å². The summed E-state index contributed by atoms with van der Waals surface area (Å²) in [7, 11) is -12.3. The van der Waals surface area contributed by atoms with E-state index in [-0.39, 0.29) is 47.6 Å². The third-order valence-electron chi connectivity index (χ3n) is 4.18. The second-order valence-corrected chi connectivity index (χ2v) is 12.1. The van der Waals surface area contributed by atoms with Crippen LogP contribution in [0, 0.1) is 0 Å². The Labute approximate surface area is 194 Å². The number of benzene rings is 2. The fourth-order valence-electron chi connectivity index (χ4n) is 2.93. The summed E-state index contributed by atoms with van der Waals surface area (Å²) in [5.74, 6) is -0.572. The van der Waals surface area contributed by atoms with Gasteiger partial charge in [-0.15, -0.1) is 0 Å². The lowest BCUT2D eigenvalue weighted by Crippen LogP contribution is -2.24. The van der Waals surface area contributed by atoms with E-state index in [2.05, 4.69) is 4.72 Å². The minimum Gasteiger partial charge on any atom is -0.507 e. The van der Waals surface area contributed by atoms with Crippen molar-refractivity contribution in [3.8, 4) is 5.75 Å². The van der Waals surface area contributed by atoms with Crippen molar-refractivity contribution in [3.63, 3.8) is 0 Å². The number of hydrogen-bond acceptors (Lipinski definition) is 9. The summed E-state index contributed by atoms with van der Waals surface area (Å²) in [6.45, 7) is 6.34. The molecule has 0 fully saturated rings. The zero-order valence-electron chi connectivity index (χ0n) is 18.9. The van der Waals surface area contributed by atoms with Gasteiger partial charge in [0.05, 0.1) is 42.3 Å². The molecule has 0 amide bonds. The van der Waals surface area contributed by atoms with Crippen LogP contribution in [0.1, 0.15) is 27.7 Å². The van der Waals surface area contributed by atoms with E-state index in [1.54, 1.807) is 45.9 Å². The lowest BCUT2D eigenvalue weighted by Gasteiger charge is -2.24. The smallest absolute Gasteiger partial charge is 0.365 e. The van der Waals surface area contributed by atoms with Crippen LogP contribution in [0.25, 0.3) is 0 Å². The maximum atomic E-state index is 13.5. The molecule has 13 heteroatoms. The van der Waals surface area contributed by atoms with E-state index in [0.29, 0.717) is 0 Å². The minimum absolute atomic E-state index is 0.0000697. The van der Waals surface area contributed by atoms with E-state index in [4.69, 9.17) is 18.1 Å². The quantitative estimate of drug-likeness (QED) is 0.296. The highest BCUT2D eigenvalue weighted by Crippen LogP contribution is 2.53. The van der Waals surface area contributed by atoms with Gasteiger partial charge < -0.3 is 23.2 Å². The summed E-state index contributed by atoms with van der Waals surface area (Å²) in [6, 6.07) is 9.56. The molecular weight excluding hydrogens is 492 g/mol. The lowest BCUT2D eigenvalue weighted by atomic mass is 10.3. The number of rotatable bonds is 13. The Morgan fingerprint density at radius 3 is 1.70 bits per heavy atom. The van der Waals surface area contributed by atoms with Crippen LogP contribution >= 0.6 is 15.2 Å². The fraction of sp³-hybridized carbons (Fsp3) is 0.400. The average Bonchev–Trinajstić information content (AvgIpc) is 2.76. The largest absolute Gasteiger partial charge is 0.507 e. The van der Waals surface area contributed by atoms with Gasteiger partial charge in [-0.1, -0.05) is 18.2 Å². The number of phenols is 1. The normalized spacial score (nSPS) is 12.6. The second-order valence-electron chi connectivity index (χ2n) is 6.44. The highest BCUT2D eigenvalue weighted by molar-refractivity contribution is 7.92. The van der Waals surface area contributed by atoms with Crippen LogP contribution in [0.2, 0.25) is 0 Å². The van der Waals surface area contributed by atoms with E-state index >= 15 is 0 Å². The molecule has 2 N–H and O–H groups in total. The van der Waals surface area contributed by atoms with Crippen LogP contribution in [-0.2, 0) is 37.2 Å². The molecule has 0 heterocycles. The van der Waals surface area contributed by atoms with Crippen LogP contribution < -0.4 is 15.3 Å². The molecule has 0 spiro atoms. The van der Waals surface area contributed by atoms with Gasteiger partial charge >= 0.3 is 15.2 Å². The van der Waals surface area contributed by atoms with Crippen molar-refractivity contribution < 1.29 is 40.7 Å². The summed E-state index contributed by atoms with van der Waals surface area (Å²) < 4.78 is 76.5. The Morgan fingerprint density at radius 2 is 1.24 bits per heavy atom. The second kappa shape index (κ2) is 11.6. The van der Waals surface area contributed by atoms with Gasteiger partial charge in [0.1, 0.15) is 11.1 Å². The number of sulfonamides is 1. The maximum Gasteiger partial charge on any atom is 0.365 e. The predicted octanol–water partition coefficient (Wildman–Crippen LogP) is 3.98. The highest BCUT2D eigenvalue weighted by atomic mass is 32.2. The Balaban J connectivity index is 2.78. The summed E-state index contributed by atoms with van der Waals surface area (Å²) >= 11 is 0. The molecule has 33 heavy (non-hydrogen) atoms. The first-order valence-electron chi connectivity index (χ1n) is 10.3. The monoisotopic (exact) mass is 521 g/mol. The molecule has 0 aliphatic heterocycles. The Hall–Kier alpha value is -1.71. The van der Waals surface area contributed by atoms with Crippen LogP contribution in [0.4, 0.5) is 5.69 Å². The van der Waals surface area contributed by atoms with Gasteiger partial charge in [0.15, 0.2) is 0 Å². The van der Waals surface area contributed by atoms with Gasteiger partial charge in [-0.25, -0.2) is 8.42 Å². The number of hydrogen-bond donors (Lipinski definition) is 2. The van der Waals surface area contributed by atoms with Crippen LogP contribution in [-0.4, -0.2) is 40.0 Å². The molecule has 0 aliphatic rings. The Morgan fingerprint density at radius 1 is 0.788 bits per heavy atom. The van der Waals surface area contributed by atoms with Gasteiger partial charge in [-0.3, -0.25) is 13.9 Å². The zero-order valence-corrected chi connectivity index (χ0v) is 21.5. The summed E-state index contributed by atoms with van der Waals surface area (Å²) in [5.41, 5.74) is -0.253. The molecule has 2 rings (SSSR count). The summed E-state index contributed by atoms with van der Waals surface area (Å²) in [4.78, 5) is -0.0639. The predicted molar refractivity (Wildman–Crippen MR) is 126 cm³/mol. The number of phenolic OH excluding ortho intramolecular Hbond substituents is 1. The Kier molecular flexibility index (Phi) is 9.70. The number of nitrogens with one attached hydrogen (secondary N) is 1.